The SMILES string of the molecule is CC(Cc1ccco1)NC(=O)c1nc(NN)ccc1Cl. The summed E-state index contributed by atoms with van der Waals surface area (Å²) in [5.41, 5.74) is 2.51. The molecule has 7 heteroatoms. The monoisotopic (exact) mass is 294 g/mol. The average molecular weight is 295 g/mol. The normalized spacial score (nSPS) is 11.9. The lowest BCUT2D eigenvalue weighted by Crippen LogP contribution is -2.34. The van der Waals surface area contributed by atoms with E-state index in [9.17, 15) is 4.79 Å². The van der Waals surface area contributed by atoms with Crippen LogP contribution in [0.3, 0.4) is 0 Å². The van der Waals surface area contributed by atoms with E-state index in [1.54, 1.807) is 24.5 Å². The molecule has 6 nitrogen and oxygen atoms in total. The average Bonchev–Trinajstić information content (AvgIpc) is 2.91. The molecule has 2 rings (SSSR count). The summed E-state index contributed by atoms with van der Waals surface area (Å²) in [6.45, 7) is 1.87. The van der Waals surface area contributed by atoms with E-state index in [1.807, 2.05) is 13.0 Å². The first-order valence-corrected chi connectivity index (χ1v) is 6.44. The maximum absolute atomic E-state index is 12.1. The van der Waals surface area contributed by atoms with Crippen molar-refractivity contribution in [2.24, 2.45) is 5.84 Å². The van der Waals surface area contributed by atoms with Gasteiger partial charge in [0, 0.05) is 12.5 Å². The molecule has 0 aliphatic heterocycles. The molecule has 0 fully saturated rings. The Labute approximate surface area is 121 Å². The second-order valence-corrected chi connectivity index (χ2v) is 4.74. The number of hydrazine groups is 1. The van der Waals surface area contributed by atoms with Gasteiger partial charge in [0.05, 0.1) is 11.3 Å². The van der Waals surface area contributed by atoms with Crippen LogP contribution in [0.15, 0.2) is 34.9 Å². The first kappa shape index (κ1) is 14.4. The molecule has 0 radical (unpaired) electrons. The third-order valence-electron chi connectivity index (χ3n) is 2.67. The maximum Gasteiger partial charge on any atom is 0.271 e. The van der Waals surface area contributed by atoms with Gasteiger partial charge in [0.1, 0.15) is 17.3 Å². The molecule has 4 N–H and O–H groups in total. The summed E-state index contributed by atoms with van der Waals surface area (Å²) in [4.78, 5) is 16.2. The Morgan fingerprint density at radius 3 is 2.95 bits per heavy atom. The molecular weight excluding hydrogens is 280 g/mol. The van der Waals surface area contributed by atoms with Crippen molar-refractivity contribution in [1.29, 1.82) is 0 Å². The van der Waals surface area contributed by atoms with Gasteiger partial charge in [-0.3, -0.25) is 4.79 Å². The number of hydrogen-bond donors (Lipinski definition) is 3. The molecule has 0 saturated carbocycles. The molecule has 0 aliphatic rings. The highest BCUT2D eigenvalue weighted by molar-refractivity contribution is 6.33. The Morgan fingerprint density at radius 1 is 1.50 bits per heavy atom. The quantitative estimate of drug-likeness (QED) is 0.579. The summed E-state index contributed by atoms with van der Waals surface area (Å²) < 4.78 is 5.23. The predicted molar refractivity (Wildman–Crippen MR) is 76.4 cm³/mol. The summed E-state index contributed by atoms with van der Waals surface area (Å²) in [6.07, 6.45) is 2.18. The third-order valence-corrected chi connectivity index (χ3v) is 2.98. The summed E-state index contributed by atoms with van der Waals surface area (Å²) >= 11 is 5.96. The number of anilines is 1. The number of hydrogen-bond acceptors (Lipinski definition) is 5. The fourth-order valence-corrected chi connectivity index (χ4v) is 1.95. The van der Waals surface area contributed by atoms with E-state index < -0.39 is 0 Å². The molecule has 20 heavy (non-hydrogen) atoms. The van der Waals surface area contributed by atoms with Gasteiger partial charge in [0.2, 0.25) is 0 Å². The van der Waals surface area contributed by atoms with E-state index in [2.05, 4.69) is 15.7 Å². The van der Waals surface area contributed by atoms with E-state index in [1.165, 1.54) is 0 Å². The highest BCUT2D eigenvalue weighted by Crippen LogP contribution is 2.16. The van der Waals surface area contributed by atoms with Crippen molar-refractivity contribution in [1.82, 2.24) is 10.3 Å². The molecule has 0 aliphatic carbocycles. The zero-order valence-corrected chi connectivity index (χ0v) is 11.6. The van der Waals surface area contributed by atoms with Crippen molar-refractivity contribution in [2.45, 2.75) is 19.4 Å². The van der Waals surface area contributed by atoms with E-state index in [0.29, 0.717) is 12.2 Å². The van der Waals surface area contributed by atoms with Gasteiger partial charge in [-0.2, -0.15) is 0 Å². The first-order valence-electron chi connectivity index (χ1n) is 6.06. The summed E-state index contributed by atoms with van der Waals surface area (Å²) in [5, 5.41) is 3.08. The molecule has 1 amide bonds. The van der Waals surface area contributed by atoms with Crippen molar-refractivity contribution in [3.63, 3.8) is 0 Å². The largest absolute Gasteiger partial charge is 0.469 e. The second-order valence-electron chi connectivity index (χ2n) is 4.33. The van der Waals surface area contributed by atoms with Gasteiger partial charge in [-0.1, -0.05) is 11.6 Å². The Kier molecular flexibility index (Phi) is 4.60. The fourth-order valence-electron chi connectivity index (χ4n) is 1.76. The van der Waals surface area contributed by atoms with Crippen LogP contribution in [0.4, 0.5) is 5.82 Å². The smallest absolute Gasteiger partial charge is 0.271 e. The Balaban J connectivity index is 2.04. The van der Waals surface area contributed by atoms with Gasteiger partial charge < -0.3 is 15.2 Å². The van der Waals surface area contributed by atoms with E-state index in [-0.39, 0.29) is 22.7 Å². The van der Waals surface area contributed by atoms with Crippen LogP contribution in [-0.2, 0) is 6.42 Å². The summed E-state index contributed by atoms with van der Waals surface area (Å²) in [7, 11) is 0. The molecule has 106 valence electrons. The molecule has 2 aromatic rings. The van der Waals surface area contributed by atoms with Gasteiger partial charge in [-0.25, -0.2) is 10.8 Å². The summed E-state index contributed by atoms with van der Waals surface area (Å²) in [5.74, 6) is 6.08. The zero-order valence-electron chi connectivity index (χ0n) is 10.9. The number of carbonyl (C=O) groups excluding carboxylic acids is 1. The van der Waals surface area contributed by atoms with Crippen LogP contribution >= 0.6 is 11.6 Å². The molecule has 1 unspecified atom stereocenters. The van der Waals surface area contributed by atoms with Crippen LogP contribution < -0.4 is 16.6 Å². The minimum atomic E-state index is -0.355. The van der Waals surface area contributed by atoms with E-state index in [4.69, 9.17) is 21.9 Å². The van der Waals surface area contributed by atoms with Crippen molar-refractivity contribution in [3.8, 4) is 0 Å². The van der Waals surface area contributed by atoms with Crippen LogP contribution in [-0.4, -0.2) is 16.9 Å². The molecule has 0 bridgehead atoms. The van der Waals surface area contributed by atoms with Crippen LogP contribution in [0.5, 0.6) is 0 Å². The van der Waals surface area contributed by atoms with E-state index >= 15 is 0 Å². The Morgan fingerprint density at radius 2 is 2.30 bits per heavy atom. The van der Waals surface area contributed by atoms with Crippen molar-refractivity contribution >= 4 is 23.3 Å². The predicted octanol–water partition coefficient (Wildman–Crippen LogP) is 1.97. The fraction of sp³-hybridized carbons (Fsp3) is 0.231. The van der Waals surface area contributed by atoms with Crippen LogP contribution in [0.2, 0.25) is 5.02 Å². The molecule has 2 heterocycles. The van der Waals surface area contributed by atoms with Crippen molar-refractivity contribution < 1.29 is 9.21 Å². The second kappa shape index (κ2) is 6.40. The number of amides is 1. The molecular formula is C13H15ClN4O2. The molecule has 0 spiro atoms. The number of nitrogens with two attached hydrogens (primary N) is 1. The van der Waals surface area contributed by atoms with Gasteiger partial charge in [-0.15, -0.1) is 0 Å². The minimum absolute atomic E-state index is 0.110. The van der Waals surface area contributed by atoms with Crippen LogP contribution in [0, 0.1) is 0 Å². The zero-order chi connectivity index (χ0) is 14.5. The number of pyridine rings is 1. The lowest BCUT2D eigenvalue weighted by molar-refractivity contribution is 0.0934. The maximum atomic E-state index is 12.1. The number of aromatic nitrogens is 1. The highest BCUT2D eigenvalue weighted by atomic mass is 35.5. The van der Waals surface area contributed by atoms with Gasteiger partial charge in [-0.05, 0) is 31.2 Å². The van der Waals surface area contributed by atoms with Crippen molar-refractivity contribution in [2.75, 3.05) is 5.43 Å². The van der Waals surface area contributed by atoms with Gasteiger partial charge in [0.25, 0.3) is 5.91 Å². The highest BCUT2D eigenvalue weighted by Gasteiger charge is 2.16. The van der Waals surface area contributed by atoms with Gasteiger partial charge >= 0.3 is 0 Å². The number of carbonyl (C=O) groups is 1. The molecule has 0 saturated heterocycles. The number of nitrogen functional groups attached to an aromatic ring is 1. The summed E-state index contributed by atoms with van der Waals surface area (Å²) in [6, 6.07) is 6.70. The molecule has 1 atom stereocenters. The van der Waals surface area contributed by atoms with Crippen molar-refractivity contribution in [3.05, 3.63) is 47.0 Å². The lowest BCUT2D eigenvalue weighted by atomic mass is 10.2. The number of nitrogens with zero attached hydrogens (tertiary/aromatic N) is 1. The van der Waals surface area contributed by atoms with Gasteiger partial charge in [0.15, 0.2) is 0 Å². The van der Waals surface area contributed by atoms with Crippen LogP contribution in [0.1, 0.15) is 23.2 Å². The first-order chi connectivity index (χ1) is 9.60. The molecule has 0 aromatic carbocycles. The van der Waals surface area contributed by atoms with E-state index in [0.717, 1.165) is 5.76 Å². The Bertz CT molecular complexity index is 586. The minimum Gasteiger partial charge on any atom is -0.469 e. The number of halogens is 1. The molecule has 2 aromatic heterocycles. The topological polar surface area (TPSA) is 93.2 Å². The van der Waals surface area contributed by atoms with Crippen LogP contribution in [0.25, 0.3) is 0 Å². The lowest BCUT2D eigenvalue weighted by Gasteiger charge is -2.13. The third kappa shape index (κ3) is 3.49. The Hall–Kier alpha value is -2.05. The standard InChI is InChI=1S/C13H15ClN4O2/c1-8(7-9-3-2-6-20-9)16-13(19)12-10(14)4-5-11(17-12)18-15/h2-6,8H,7,15H2,1H3,(H,16,19)(H,17,18). The number of furan rings is 1. The number of rotatable bonds is 5. The number of nitrogens with one attached hydrogen (secondary N) is 2.